The van der Waals surface area contributed by atoms with E-state index < -0.39 is 0 Å². The van der Waals surface area contributed by atoms with E-state index in [2.05, 4.69) is 30.9 Å². The monoisotopic (exact) mass is 284 g/mol. The van der Waals surface area contributed by atoms with Crippen molar-refractivity contribution in [2.45, 2.75) is 13.1 Å². The van der Waals surface area contributed by atoms with Gasteiger partial charge in [-0.1, -0.05) is 12.1 Å². The Hall–Kier alpha value is -3.10. The first-order valence-corrected chi connectivity index (χ1v) is 6.21. The molecule has 3 rings (SSSR count). The maximum Gasteiger partial charge on any atom is 0.246 e. The highest BCUT2D eigenvalue weighted by atomic mass is 16.2. The lowest BCUT2D eigenvalue weighted by Crippen LogP contribution is -2.19. The molecule has 0 aliphatic heterocycles. The van der Waals surface area contributed by atoms with E-state index in [9.17, 15) is 4.79 Å². The van der Waals surface area contributed by atoms with Crippen LogP contribution in [0.2, 0.25) is 0 Å². The summed E-state index contributed by atoms with van der Waals surface area (Å²) in [5.41, 5.74) is 1.79. The first kappa shape index (κ1) is 12.9. The van der Waals surface area contributed by atoms with Gasteiger partial charge < -0.3 is 5.32 Å². The van der Waals surface area contributed by atoms with Crippen LogP contribution in [0.5, 0.6) is 0 Å². The van der Waals surface area contributed by atoms with Gasteiger partial charge in [0.05, 0.1) is 6.54 Å². The van der Waals surface area contributed by atoms with Crippen LogP contribution in [-0.4, -0.2) is 40.9 Å². The van der Waals surface area contributed by atoms with Crippen molar-refractivity contribution in [2.24, 2.45) is 0 Å². The molecule has 9 heteroatoms. The van der Waals surface area contributed by atoms with E-state index in [1.54, 1.807) is 11.0 Å². The zero-order valence-electron chi connectivity index (χ0n) is 11.0. The average Bonchev–Trinajstić information content (AvgIpc) is 3.14. The van der Waals surface area contributed by atoms with Gasteiger partial charge in [0, 0.05) is 5.69 Å². The van der Waals surface area contributed by atoms with Gasteiger partial charge in [-0.25, -0.2) is 14.3 Å². The molecule has 106 valence electrons. The predicted octanol–water partition coefficient (Wildman–Crippen LogP) is -0.0484. The number of hydrogen-bond acceptors (Lipinski definition) is 6. The molecule has 0 bridgehead atoms. The summed E-state index contributed by atoms with van der Waals surface area (Å²) in [5.74, 6) is -0.189. The summed E-state index contributed by atoms with van der Waals surface area (Å²) < 4.78 is 3.08. The molecule has 0 aliphatic rings. The second-order valence-electron chi connectivity index (χ2n) is 4.35. The second-order valence-corrected chi connectivity index (χ2v) is 4.35. The summed E-state index contributed by atoms with van der Waals surface area (Å²) in [4.78, 5) is 15.7. The van der Waals surface area contributed by atoms with Gasteiger partial charge in [0.1, 0.15) is 25.5 Å². The molecular formula is C12H12N8O. The Bertz CT molecular complexity index is 689. The van der Waals surface area contributed by atoms with Crippen LogP contribution in [0.4, 0.5) is 5.69 Å². The summed E-state index contributed by atoms with van der Waals surface area (Å²) in [6.07, 6.45) is 4.54. The third-order valence-electron chi connectivity index (χ3n) is 2.75. The number of tetrazole rings is 1. The molecule has 1 amide bonds. The standard InChI is InChI=1S/C12H12N8O/c21-12(6-20-9-14-17-18-20)16-11-3-1-10(2-4-11)5-19-8-13-7-15-19/h1-4,7-9H,5-6H2,(H,16,21). The Kier molecular flexibility index (Phi) is 3.63. The summed E-state index contributed by atoms with van der Waals surface area (Å²) >= 11 is 0. The van der Waals surface area contributed by atoms with Crippen LogP contribution in [0.1, 0.15) is 5.56 Å². The summed E-state index contributed by atoms with van der Waals surface area (Å²) in [6.45, 7) is 0.715. The van der Waals surface area contributed by atoms with Crippen molar-refractivity contribution >= 4 is 11.6 Å². The van der Waals surface area contributed by atoms with Crippen LogP contribution in [0.25, 0.3) is 0 Å². The molecule has 0 radical (unpaired) electrons. The first-order chi connectivity index (χ1) is 10.3. The van der Waals surface area contributed by atoms with Crippen molar-refractivity contribution in [3.05, 3.63) is 48.8 Å². The maximum atomic E-state index is 11.8. The highest BCUT2D eigenvalue weighted by Gasteiger charge is 2.04. The fourth-order valence-corrected chi connectivity index (χ4v) is 1.80. The molecule has 0 aliphatic carbocycles. The quantitative estimate of drug-likeness (QED) is 0.704. The minimum Gasteiger partial charge on any atom is -0.324 e. The number of rotatable bonds is 5. The number of hydrogen-bond donors (Lipinski definition) is 1. The predicted molar refractivity (Wildman–Crippen MR) is 72.0 cm³/mol. The summed E-state index contributed by atoms with van der Waals surface area (Å²) in [6, 6.07) is 7.52. The van der Waals surface area contributed by atoms with Crippen molar-refractivity contribution in [1.29, 1.82) is 0 Å². The molecule has 0 saturated carbocycles. The van der Waals surface area contributed by atoms with Crippen LogP contribution in [0.3, 0.4) is 0 Å². The zero-order valence-corrected chi connectivity index (χ0v) is 11.0. The molecule has 2 aromatic heterocycles. The lowest BCUT2D eigenvalue weighted by atomic mass is 10.2. The highest BCUT2D eigenvalue weighted by Crippen LogP contribution is 2.10. The second kappa shape index (κ2) is 5.90. The van der Waals surface area contributed by atoms with Crippen molar-refractivity contribution in [3.8, 4) is 0 Å². The molecule has 2 heterocycles. The topological polar surface area (TPSA) is 103 Å². The third kappa shape index (κ3) is 3.47. The van der Waals surface area contributed by atoms with E-state index in [4.69, 9.17) is 0 Å². The maximum absolute atomic E-state index is 11.8. The van der Waals surface area contributed by atoms with E-state index in [1.807, 2.05) is 24.3 Å². The number of aromatic nitrogens is 7. The van der Waals surface area contributed by atoms with E-state index in [0.29, 0.717) is 6.54 Å². The number of nitrogens with zero attached hydrogens (tertiary/aromatic N) is 7. The Morgan fingerprint density at radius 1 is 1.14 bits per heavy atom. The number of benzene rings is 1. The van der Waals surface area contributed by atoms with Gasteiger partial charge in [0.15, 0.2) is 0 Å². The van der Waals surface area contributed by atoms with E-state index in [1.165, 1.54) is 17.3 Å². The lowest BCUT2D eigenvalue weighted by molar-refractivity contribution is -0.116. The molecule has 21 heavy (non-hydrogen) atoms. The molecule has 0 saturated heterocycles. The van der Waals surface area contributed by atoms with Crippen molar-refractivity contribution < 1.29 is 4.79 Å². The fourth-order valence-electron chi connectivity index (χ4n) is 1.80. The minimum atomic E-state index is -0.189. The Labute approximate surface area is 119 Å². The Balaban J connectivity index is 1.58. The van der Waals surface area contributed by atoms with Gasteiger partial charge in [-0.3, -0.25) is 4.79 Å². The molecule has 0 atom stereocenters. The Morgan fingerprint density at radius 3 is 2.67 bits per heavy atom. The van der Waals surface area contributed by atoms with Gasteiger partial charge in [0.25, 0.3) is 0 Å². The summed E-state index contributed by atoms with van der Waals surface area (Å²) in [5, 5.41) is 17.4. The Morgan fingerprint density at radius 2 is 2.00 bits per heavy atom. The smallest absolute Gasteiger partial charge is 0.246 e. The number of amides is 1. The van der Waals surface area contributed by atoms with Crippen LogP contribution >= 0.6 is 0 Å². The molecule has 0 fully saturated rings. The molecule has 0 unspecified atom stereocenters. The molecule has 1 aromatic carbocycles. The van der Waals surface area contributed by atoms with E-state index in [-0.39, 0.29) is 12.5 Å². The van der Waals surface area contributed by atoms with Gasteiger partial charge >= 0.3 is 0 Å². The van der Waals surface area contributed by atoms with Crippen LogP contribution in [0, 0.1) is 0 Å². The average molecular weight is 284 g/mol. The zero-order chi connectivity index (χ0) is 14.5. The van der Waals surface area contributed by atoms with Gasteiger partial charge in [-0.05, 0) is 28.1 Å². The molecular weight excluding hydrogens is 272 g/mol. The number of nitrogens with one attached hydrogen (secondary N) is 1. The normalized spacial score (nSPS) is 10.5. The van der Waals surface area contributed by atoms with Crippen molar-refractivity contribution in [3.63, 3.8) is 0 Å². The molecule has 9 nitrogen and oxygen atoms in total. The summed E-state index contributed by atoms with van der Waals surface area (Å²) in [7, 11) is 0. The number of carbonyl (C=O) groups excluding carboxylic acids is 1. The number of carbonyl (C=O) groups is 1. The molecule has 0 spiro atoms. The fraction of sp³-hybridized carbons (Fsp3) is 0.167. The van der Waals surface area contributed by atoms with Crippen molar-refractivity contribution in [2.75, 3.05) is 5.32 Å². The van der Waals surface area contributed by atoms with Crippen LogP contribution < -0.4 is 5.32 Å². The third-order valence-corrected chi connectivity index (χ3v) is 2.75. The van der Waals surface area contributed by atoms with Crippen molar-refractivity contribution in [1.82, 2.24) is 35.0 Å². The largest absolute Gasteiger partial charge is 0.324 e. The van der Waals surface area contributed by atoms with Crippen LogP contribution in [-0.2, 0) is 17.9 Å². The minimum absolute atomic E-state index is 0.0771. The molecule has 1 N–H and O–H groups in total. The van der Waals surface area contributed by atoms with Gasteiger partial charge in [-0.15, -0.1) is 5.10 Å². The van der Waals surface area contributed by atoms with E-state index in [0.717, 1.165) is 11.3 Å². The first-order valence-electron chi connectivity index (χ1n) is 6.21. The number of anilines is 1. The highest BCUT2D eigenvalue weighted by molar-refractivity contribution is 5.90. The van der Waals surface area contributed by atoms with Gasteiger partial charge in [0.2, 0.25) is 5.91 Å². The lowest BCUT2D eigenvalue weighted by Gasteiger charge is -2.06. The van der Waals surface area contributed by atoms with Gasteiger partial charge in [-0.2, -0.15) is 5.10 Å². The van der Waals surface area contributed by atoms with Crippen LogP contribution in [0.15, 0.2) is 43.2 Å². The SMILES string of the molecule is O=C(Cn1cnnn1)Nc1ccc(Cn2cncn2)cc1. The van der Waals surface area contributed by atoms with E-state index >= 15 is 0 Å². The molecule has 3 aromatic rings.